The quantitative estimate of drug-likeness (QED) is 0.508. The molecule has 6 nitrogen and oxygen atoms in total. The molecule has 1 aliphatic heterocycles. The summed E-state index contributed by atoms with van der Waals surface area (Å²) >= 11 is 6.58. The Morgan fingerprint density at radius 1 is 1.13 bits per heavy atom. The molecule has 0 fully saturated rings. The number of benzene rings is 2. The second kappa shape index (κ2) is 5.17. The van der Waals surface area contributed by atoms with Crippen LogP contribution >= 0.6 is 31.9 Å². The van der Waals surface area contributed by atoms with E-state index in [4.69, 9.17) is 0 Å². The fraction of sp³-hybridized carbons (Fsp3) is 0. The number of halogens is 2. The summed E-state index contributed by atoms with van der Waals surface area (Å²) < 4.78 is 1.08. The van der Waals surface area contributed by atoms with Gasteiger partial charge in [-0.3, -0.25) is 4.79 Å². The van der Waals surface area contributed by atoms with Crippen molar-refractivity contribution in [3.8, 4) is 5.75 Å². The molecular formula is C15H8Br2N4O2. The number of aromatic nitrogens is 3. The average molecular weight is 436 g/mol. The number of amides is 1. The molecule has 2 heterocycles. The largest absolute Gasteiger partial charge is 0.506 e. The van der Waals surface area contributed by atoms with Crippen LogP contribution in [0.2, 0.25) is 0 Å². The molecular weight excluding hydrogens is 428 g/mol. The van der Waals surface area contributed by atoms with E-state index in [2.05, 4.69) is 52.6 Å². The van der Waals surface area contributed by atoms with Crippen molar-refractivity contribution in [3.63, 3.8) is 0 Å². The zero-order chi connectivity index (χ0) is 16.1. The Labute approximate surface area is 146 Å². The zero-order valence-electron chi connectivity index (χ0n) is 11.4. The molecule has 114 valence electrons. The van der Waals surface area contributed by atoms with Crippen LogP contribution in [-0.4, -0.2) is 26.4 Å². The number of hydrogen-bond donors (Lipinski definition) is 3. The second-order valence-corrected chi connectivity index (χ2v) is 6.73. The molecule has 8 heteroatoms. The SMILES string of the molecule is O=C1Nc2ccc3n[nH]nc3c2C1=Cc1cc(Br)c(O)c(Br)c1. The number of carbonyl (C=O) groups is 1. The Balaban J connectivity index is 1.94. The molecule has 0 saturated heterocycles. The van der Waals surface area contributed by atoms with Crippen LogP contribution in [0.5, 0.6) is 5.75 Å². The van der Waals surface area contributed by atoms with Crippen molar-refractivity contribution < 1.29 is 9.90 Å². The van der Waals surface area contributed by atoms with Gasteiger partial charge in [-0.05, 0) is 67.8 Å². The first kappa shape index (κ1) is 14.4. The highest BCUT2D eigenvalue weighted by Gasteiger charge is 2.27. The number of nitrogens with one attached hydrogen (secondary N) is 2. The van der Waals surface area contributed by atoms with Crippen molar-refractivity contribution in [1.82, 2.24) is 15.4 Å². The van der Waals surface area contributed by atoms with Gasteiger partial charge in [-0.1, -0.05) is 0 Å². The number of carbonyl (C=O) groups excluding carboxylic acids is 1. The maximum absolute atomic E-state index is 12.3. The lowest BCUT2D eigenvalue weighted by molar-refractivity contribution is -0.110. The summed E-state index contributed by atoms with van der Waals surface area (Å²) in [6.07, 6.45) is 1.75. The van der Waals surface area contributed by atoms with Gasteiger partial charge < -0.3 is 10.4 Å². The summed E-state index contributed by atoms with van der Waals surface area (Å²) in [5, 5.41) is 23.4. The summed E-state index contributed by atoms with van der Waals surface area (Å²) in [6.45, 7) is 0. The fourth-order valence-corrected chi connectivity index (χ4v) is 3.79. The van der Waals surface area contributed by atoms with E-state index in [1.54, 1.807) is 24.3 Å². The van der Waals surface area contributed by atoms with Crippen molar-refractivity contribution in [2.75, 3.05) is 5.32 Å². The molecule has 1 amide bonds. The lowest BCUT2D eigenvalue weighted by Gasteiger charge is -2.04. The molecule has 0 spiro atoms. The predicted octanol–water partition coefficient (Wildman–Crippen LogP) is 3.68. The molecule has 4 rings (SSSR count). The Bertz CT molecular complexity index is 987. The summed E-state index contributed by atoms with van der Waals surface area (Å²) in [6, 6.07) is 7.08. The Kier molecular flexibility index (Phi) is 3.24. The number of aromatic amines is 1. The minimum atomic E-state index is -0.198. The summed E-state index contributed by atoms with van der Waals surface area (Å²) in [4.78, 5) is 12.3. The third-order valence-corrected chi connectivity index (χ3v) is 4.81. The van der Waals surface area contributed by atoms with Crippen LogP contribution in [0.1, 0.15) is 11.1 Å². The van der Waals surface area contributed by atoms with Crippen molar-refractivity contribution >= 4 is 66.1 Å². The first-order valence-electron chi connectivity index (χ1n) is 6.59. The van der Waals surface area contributed by atoms with Crippen LogP contribution in [0.15, 0.2) is 33.2 Å². The van der Waals surface area contributed by atoms with Crippen molar-refractivity contribution in [2.24, 2.45) is 0 Å². The van der Waals surface area contributed by atoms with E-state index in [0.29, 0.717) is 31.2 Å². The van der Waals surface area contributed by atoms with Crippen molar-refractivity contribution in [2.45, 2.75) is 0 Å². The van der Waals surface area contributed by atoms with Crippen LogP contribution < -0.4 is 5.32 Å². The monoisotopic (exact) mass is 434 g/mol. The molecule has 0 atom stereocenters. The van der Waals surface area contributed by atoms with E-state index < -0.39 is 0 Å². The normalized spacial score (nSPS) is 15.2. The molecule has 1 aromatic heterocycles. The van der Waals surface area contributed by atoms with E-state index in [9.17, 15) is 9.90 Å². The van der Waals surface area contributed by atoms with Gasteiger partial charge in [-0.25, -0.2) is 0 Å². The van der Waals surface area contributed by atoms with Crippen molar-refractivity contribution in [1.29, 1.82) is 0 Å². The number of H-pyrrole nitrogens is 1. The molecule has 3 N–H and O–H groups in total. The molecule has 1 aliphatic rings. The maximum Gasteiger partial charge on any atom is 0.256 e. The lowest BCUT2D eigenvalue weighted by atomic mass is 10.0. The smallest absolute Gasteiger partial charge is 0.256 e. The topological polar surface area (TPSA) is 90.9 Å². The molecule has 0 unspecified atom stereocenters. The number of phenolic OH excluding ortho intramolecular Hbond substituents is 1. The van der Waals surface area contributed by atoms with Gasteiger partial charge in [-0.15, -0.1) is 0 Å². The maximum atomic E-state index is 12.3. The predicted molar refractivity (Wildman–Crippen MR) is 93.9 cm³/mol. The number of aromatic hydroxyl groups is 1. The highest BCUT2D eigenvalue weighted by atomic mass is 79.9. The second-order valence-electron chi connectivity index (χ2n) is 5.02. The number of fused-ring (bicyclic) bond motifs is 3. The van der Waals surface area contributed by atoms with Gasteiger partial charge in [0.2, 0.25) is 0 Å². The van der Waals surface area contributed by atoms with E-state index in [-0.39, 0.29) is 11.7 Å². The van der Waals surface area contributed by atoms with Gasteiger partial charge in [-0.2, -0.15) is 15.4 Å². The average Bonchev–Trinajstić information content (AvgIpc) is 3.09. The Morgan fingerprint density at radius 3 is 2.61 bits per heavy atom. The highest BCUT2D eigenvalue weighted by molar-refractivity contribution is 9.11. The van der Waals surface area contributed by atoms with Crippen LogP contribution in [0.4, 0.5) is 5.69 Å². The molecule has 0 radical (unpaired) electrons. The molecule has 2 aromatic carbocycles. The van der Waals surface area contributed by atoms with Crippen molar-refractivity contribution in [3.05, 3.63) is 44.3 Å². The summed E-state index contributed by atoms with van der Waals surface area (Å²) in [7, 11) is 0. The number of anilines is 1. The van der Waals surface area contributed by atoms with E-state index in [1.807, 2.05) is 6.07 Å². The molecule has 3 aromatic rings. The number of hydrogen-bond acceptors (Lipinski definition) is 4. The highest BCUT2D eigenvalue weighted by Crippen LogP contribution is 2.39. The first-order valence-corrected chi connectivity index (χ1v) is 8.18. The van der Waals surface area contributed by atoms with Gasteiger partial charge in [0, 0.05) is 5.56 Å². The number of rotatable bonds is 1. The fourth-order valence-electron chi connectivity index (χ4n) is 2.57. The van der Waals surface area contributed by atoms with Gasteiger partial charge in [0.1, 0.15) is 16.8 Å². The van der Waals surface area contributed by atoms with Crippen LogP contribution in [0.25, 0.3) is 22.7 Å². The van der Waals surface area contributed by atoms with E-state index in [1.165, 1.54) is 0 Å². The van der Waals surface area contributed by atoms with Crippen LogP contribution in [-0.2, 0) is 4.79 Å². The van der Waals surface area contributed by atoms with E-state index >= 15 is 0 Å². The standard InChI is InChI=1S/C15H8Br2N4O2/c16-8-4-6(5-9(17)14(8)22)3-7-12-10(18-15(7)23)1-2-11-13(12)20-21-19-11/h1-5,22H,(H,18,23)(H,19,20,21). The minimum Gasteiger partial charge on any atom is -0.506 e. The first-order chi connectivity index (χ1) is 11.0. The third-order valence-electron chi connectivity index (χ3n) is 3.60. The summed E-state index contributed by atoms with van der Waals surface area (Å²) in [5.74, 6) is -0.0851. The Morgan fingerprint density at radius 2 is 1.87 bits per heavy atom. The Hall–Kier alpha value is -2.19. The zero-order valence-corrected chi connectivity index (χ0v) is 14.6. The lowest BCUT2D eigenvalue weighted by Crippen LogP contribution is -2.03. The van der Waals surface area contributed by atoms with E-state index in [0.717, 1.165) is 11.1 Å². The molecule has 0 bridgehead atoms. The van der Waals surface area contributed by atoms with Gasteiger partial charge in [0.05, 0.1) is 20.2 Å². The summed E-state index contributed by atoms with van der Waals surface area (Å²) in [5.41, 5.74) is 4.04. The van der Waals surface area contributed by atoms with Gasteiger partial charge in [0.15, 0.2) is 0 Å². The molecule has 23 heavy (non-hydrogen) atoms. The minimum absolute atomic E-state index is 0.113. The molecule has 0 saturated carbocycles. The molecule has 0 aliphatic carbocycles. The van der Waals surface area contributed by atoms with Gasteiger partial charge in [0.25, 0.3) is 5.91 Å². The van der Waals surface area contributed by atoms with Crippen LogP contribution in [0, 0.1) is 0 Å². The van der Waals surface area contributed by atoms with Crippen LogP contribution in [0.3, 0.4) is 0 Å². The van der Waals surface area contributed by atoms with Gasteiger partial charge >= 0.3 is 0 Å². The number of nitrogens with zero attached hydrogens (tertiary/aromatic N) is 2. The number of phenols is 1. The third kappa shape index (κ3) is 2.25.